The van der Waals surface area contributed by atoms with Crippen LogP contribution in [0.1, 0.15) is 83.5 Å². The third kappa shape index (κ3) is 3.79. The summed E-state index contributed by atoms with van der Waals surface area (Å²) in [5, 5.41) is 0. The smallest absolute Gasteiger partial charge is 0.136 e. The minimum atomic E-state index is 0.394. The molecule has 0 spiro atoms. The Hall–Kier alpha value is -0.590. The van der Waals surface area contributed by atoms with E-state index >= 15 is 0 Å². The number of fused-ring (bicyclic) bond motifs is 5. The van der Waals surface area contributed by atoms with Gasteiger partial charge in [-0.3, -0.25) is 4.79 Å². The second kappa shape index (κ2) is 7.61. The lowest BCUT2D eigenvalue weighted by Crippen LogP contribution is -2.27. The quantitative estimate of drug-likeness (QED) is 0.523. The van der Waals surface area contributed by atoms with Crippen LogP contribution in [0.15, 0.2) is 12.2 Å². The number of hydrogen-bond donors (Lipinski definition) is 0. The normalized spacial score (nSPS) is 38.8. The summed E-state index contributed by atoms with van der Waals surface area (Å²) < 4.78 is 0. The second-order valence-electron chi connectivity index (χ2n) is 7.68. The van der Waals surface area contributed by atoms with Gasteiger partial charge in [-0.2, -0.15) is 0 Å². The highest BCUT2D eigenvalue weighted by molar-refractivity contribution is 5.82. The molecule has 3 aliphatic rings. The van der Waals surface area contributed by atoms with Gasteiger partial charge >= 0.3 is 0 Å². The number of carbonyl (C=O) groups is 1. The van der Waals surface area contributed by atoms with Crippen molar-refractivity contribution in [3.05, 3.63) is 12.2 Å². The number of ketones is 1. The molecular formula is C20H32O. The summed E-state index contributed by atoms with van der Waals surface area (Å²) in [6.07, 6.45) is 21.8. The Labute approximate surface area is 130 Å². The molecule has 0 heterocycles. The van der Waals surface area contributed by atoms with Crippen molar-refractivity contribution in [2.45, 2.75) is 83.5 Å². The number of Topliss-reactive ketones (excluding diaryl/α,β-unsaturated/α-hetero) is 1. The second-order valence-corrected chi connectivity index (χ2v) is 7.68. The van der Waals surface area contributed by atoms with Crippen LogP contribution in [-0.2, 0) is 4.79 Å². The minimum absolute atomic E-state index is 0.394. The summed E-state index contributed by atoms with van der Waals surface area (Å²) in [6, 6.07) is 0. The van der Waals surface area contributed by atoms with E-state index in [1.807, 2.05) is 0 Å². The van der Waals surface area contributed by atoms with Crippen LogP contribution in [0.2, 0.25) is 0 Å². The van der Waals surface area contributed by atoms with Gasteiger partial charge in [0.2, 0.25) is 0 Å². The average molecular weight is 288 g/mol. The lowest BCUT2D eigenvalue weighted by Gasteiger charge is -2.27. The zero-order chi connectivity index (χ0) is 14.5. The van der Waals surface area contributed by atoms with Crippen molar-refractivity contribution < 1.29 is 4.79 Å². The predicted octanol–water partition coefficient (Wildman–Crippen LogP) is 5.69. The molecule has 0 saturated heterocycles. The van der Waals surface area contributed by atoms with Crippen LogP contribution in [0.5, 0.6) is 0 Å². The van der Waals surface area contributed by atoms with Gasteiger partial charge in [0.15, 0.2) is 0 Å². The van der Waals surface area contributed by atoms with Crippen molar-refractivity contribution in [3.8, 4) is 0 Å². The fourth-order valence-corrected chi connectivity index (χ4v) is 5.06. The van der Waals surface area contributed by atoms with Crippen LogP contribution >= 0.6 is 0 Å². The molecule has 0 aromatic rings. The Morgan fingerprint density at radius 2 is 1.29 bits per heavy atom. The Morgan fingerprint density at radius 3 is 2.00 bits per heavy atom. The van der Waals surface area contributed by atoms with Crippen molar-refractivity contribution in [3.63, 3.8) is 0 Å². The van der Waals surface area contributed by atoms with E-state index < -0.39 is 0 Å². The van der Waals surface area contributed by atoms with E-state index in [4.69, 9.17) is 0 Å². The Morgan fingerprint density at radius 1 is 0.714 bits per heavy atom. The lowest BCUT2D eigenvalue weighted by atomic mass is 9.76. The maximum atomic E-state index is 12.7. The summed E-state index contributed by atoms with van der Waals surface area (Å²) in [5.41, 5.74) is 0. The first kappa shape index (κ1) is 15.3. The summed E-state index contributed by atoms with van der Waals surface area (Å²) in [7, 11) is 0. The Kier molecular flexibility index (Phi) is 5.55. The fraction of sp³-hybridized carbons (Fsp3) is 0.850. The van der Waals surface area contributed by atoms with E-state index in [0.29, 0.717) is 23.5 Å². The van der Waals surface area contributed by atoms with Crippen molar-refractivity contribution in [1.29, 1.82) is 0 Å². The first-order valence-electron chi connectivity index (χ1n) is 9.57. The predicted molar refractivity (Wildman–Crippen MR) is 88.1 cm³/mol. The van der Waals surface area contributed by atoms with Gasteiger partial charge in [0.25, 0.3) is 0 Å². The summed E-state index contributed by atoms with van der Waals surface area (Å²) in [6.45, 7) is 0. The van der Waals surface area contributed by atoms with E-state index in [1.165, 1.54) is 70.6 Å². The minimum Gasteiger partial charge on any atom is -0.299 e. The van der Waals surface area contributed by atoms with Crippen LogP contribution in [0.4, 0.5) is 0 Å². The maximum Gasteiger partial charge on any atom is 0.136 e. The Bertz CT molecular complexity index is 370. The van der Waals surface area contributed by atoms with Gasteiger partial charge in [0.05, 0.1) is 0 Å². The van der Waals surface area contributed by atoms with E-state index in [-0.39, 0.29) is 0 Å². The molecule has 118 valence electrons. The van der Waals surface area contributed by atoms with Gasteiger partial charge in [-0.05, 0) is 37.0 Å². The third-order valence-electron chi connectivity index (χ3n) is 6.20. The number of carbonyl (C=O) groups excluding carboxylic acids is 1. The van der Waals surface area contributed by atoms with Crippen molar-refractivity contribution in [2.24, 2.45) is 23.7 Å². The van der Waals surface area contributed by atoms with Crippen molar-refractivity contribution in [1.82, 2.24) is 0 Å². The molecular weight excluding hydrogens is 256 g/mol. The monoisotopic (exact) mass is 288 g/mol. The largest absolute Gasteiger partial charge is 0.299 e. The van der Waals surface area contributed by atoms with Crippen LogP contribution in [0, 0.1) is 23.7 Å². The number of allylic oxidation sites excluding steroid dienone is 2. The topological polar surface area (TPSA) is 17.1 Å². The third-order valence-corrected chi connectivity index (χ3v) is 6.20. The summed E-state index contributed by atoms with van der Waals surface area (Å²) in [4.78, 5) is 12.7. The van der Waals surface area contributed by atoms with Crippen LogP contribution in [0.3, 0.4) is 0 Å². The first-order valence-corrected chi connectivity index (χ1v) is 9.57. The van der Waals surface area contributed by atoms with Gasteiger partial charge in [-0.1, -0.05) is 69.9 Å². The molecule has 2 fully saturated rings. The Balaban J connectivity index is 1.59. The molecule has 1 heteroatoms. The summed E-state index contributed by atoms with van der Waals surface area (Å²) >= 11 is 0. The number of hydrogen-bond acceptors (Lipinski definition) is 1. The molecule has 21 heavy (non-hydrogen) atoms. The van der Waals surface area contributed by atoms with E-state index in [0.717, 1.165) is 18.8 Å². The zero-order valence-electron chi connectivity index (χ0n) is 13.6. The van der Waals surface area contributed by atoms with Crippen LogP contribution in [-0.4, -0.2) is 5.78 Å². The molecule has 0 radical (unpaired) electrons. The standard InChI is InChI=1S/C20H32O/c21-19-12-10-8-6-4-2-1-3-5-7-9-11-18-16-13-14-17(15-16)20(18)19/h13-14,16-18,20H,1-12,15H2/t16-,17-,18-,20+/m0/s1. The van der Waals surface area contributed by atoms with Crippen molar-refractivity contribution in [2.75, 3.05) is 0 Å². The van der Waals surface area contributed by atoms with Gasteiger partial charge in [-0.15, -0.1) is 0 Å². The summed E-state index contributed by atoms with van der Waals surface area (Å²) in [5.74, 6) is 3.03. The molecule has 3 rings (SSSR count). The molecule has 2 saturated carbocycles. The number of rotatable bonds is 0. The molecule has 0 N–H and O–H groups in total. The SMILES string of the molecule is O=C1CCCCCCCCCCCC[C@@H]2[C@H]1[C@H]1C=C[C@H]2C1. The first-order chi connectivity index (χ1) is 10.4. The highest BCUT2D eigenvalue weighted by Crippen LogP contribution is 2.50. The van der Waals surface area contributed by atoms with Crippen LogP contribution < -0.4 is 0 Å². The maximum absolute atomic E-state index is 12.7. The van der Waals surface area contributed by atoms with Crippen molar-refractivity contribution >= 4 is 5.78 Å². The van der Waals surface area contributed by atoms with Crippen LogP contribution in [0.25, 0.3) is 0 Å². The van der Waals surface area contributed by atoms with Gasteiger partial charge < -0.3 is 0 Å². The average Bonchev–Trinajstić information content (AvgIpc) is 3.08. The molecule has 0 amide bonds. The molecule has 0 aliphatic heterocycles. The molecule has 3 aliphatic carbocycles. The molecule has 4 atom stereocenters. The van der Waals surface area contributed by atoms with E-state index in [1.54, 1.807) is 0 Å². The highest BCUT2D eigenvalue weighted by atomic mass is 16.1. The highest BCUT2D eigenvalue weighted by Gasteiger charge is 2.46. The van der Waals surface area contributed by atoms with E-state index in [9.17, 15) is 4.79 Å². The zero-order valence-corrected chi connectivity index (χ0v) is 13.6. The molecule has 1 nitrogen and oxygen atoms in total. The van der Waals surface area contributed by atoms with Gasteiger partial charge in [0, 0.05) is 12.3 Å². The van der Waals surface area contributed by atoms with Gasteiger partial charge in [0.1, 0.15) is 5.78 Å². The van der Waals surface area contributed by atoms with Gasteiger partial charge in [-0.25, -0.2) is 0 Å². The molecule has 2 bridgehead atoms. The lowest BCUT2D eigenvalue weighted by molar-refractivity contribution is -0.125. The molecule has 0 aromatic carbocycles. The molecule has 0 unspecified atom stereocenters. The molecule has 0 aromatic heterocycles. The van der Waals surface area contributed by atoms with E-state index in [2.05, 4.69) is 12.2 Å². The fourth-order valence-electron chi connectivity index (χ4n) is 5.06.